The summed E-state index contributed by atoms with van der Waals surface area (Å²) < 4.78 is 11.9. The van der Waals surface area contributed by atoms with Crippen LogP contribution in [-0.2, 0) is 15.6 Å². The molecule has 0 unspecified atom stereocenters. The largest absolute Gasteiger partial charge is 0.467 e. The molecule has 2 fully saturated rings. The molecule has 1 aromatic carbocycles. The van der Waals surface area contributed by atoms with Gasteiger partial charge in [-0.2, -0.15) is 0 Å². The van der Waals surface area contributed by atoms with Gasteiger partial charge in [-0.15, -0.1) is 0 Å². The van der Waals surface area contributed by atoms with Crippen LogP contribution in [0.3, 0.4) is 0 Å². The molecular formula is C28H47O2P. The van der Waals surface area contributed by atoms with Gasteiger partial charge >= 0.3 is 0 Å². The quantitative estimate of drug-likeness (QED) is 0.325. The lowest BCUT2D eigenvalue weighted by atomic mass is 9.80. The first kappa shape index (κ1) is 25.0. The van der Waals surface area contributed by atoms with E-state index < -0.39 is 0 Å². The van der Waals surface area contributed by atoms with Crippen molar-refractivity contribution < 1.29 is 9.47 Å². The van der Waals surface area contributed by atoms with Crippen molar-refractivity contribution in [3.63, 3.8) is 0 Å². The van der Waals surface area contributed by atoms with E-state index in [1.807, 2.05) is 0 Å². The molecule has 0 heterocycles. The summed E-state index contributed by atoms with van der Waals surface area (Å²) in [6.07, 6.45) is 14.1. The molecule has 0 spiro atoms. The van der Waals surface area contributed by atoms with Crippen molar-refractivity contribution in [2.45, 2.75) is 128 Å². The van der Waals surface area contributed by atoms with Crippen LogP contribution < -0.4 is 10.0 Å². The number of hydrogen-bond acceptors (Lipinski definition) is 2. The normalized spacial score (nSPS) is 19.7. The van der Waals surface area contributed by atoms with Crippen molar-refractivity contribution in [3.8, 4) is 5.75 Å². The fraction of sp³-hybridized carbons (Fsp3) is 0.786. The van der Waals surface area contributed by atoms with Gasteiger partial charge in [-0.1, -0.05) is 94.1 Å². The maximum atomic E-state index is 6.47. The summed E-state index contributed by atoms with van der Waals surface area (Å²) in [5.74, 6) is 1.16. The second kappa shape index (κ2) is 10.6. The average Bonchev–Trinajstić information content (AvgIpc) is 2.72. The lowest BCUT2D eigenvalue weighted by molar-refractivity contribution is 0.0505. The Hall–Kier alpha value is -0.590. The van der Waals surface area contributed by atoms with E-state index in [0.717, 1.165) is 17.1 Å². The Labute approximate surface area is 193 Å². The van der Waals surface area contributed by atoms with Crippen molar-refractivity contribution >= 4 is 13.2 Å². The topological polar surface area (TPSA) is 18.5 Å². The molecule has 0 bridgehead atoms. The van der Waals surface area contributed by atoms with E-state index in [9.17, 15) is 0 Å². The first-order chi connectivity index (χ1) is 14.6. The molecular weight excluding hydrogens is 399 g/mol. The van der Waals surface area contributed by atoms with E-state index in [-0.39, 0.29) is 18.8 Å². The van der Waals surface area contributed by atoms with Crippen molar-refractivity contribution in [1.29, 1.82) is 0 Å². The van der Waals surface area contributed by atoms with Crippen LogP contribution in [0.25, 0.3) is 0 Å². The van der Waals surface area contributed by atoms with Crippen LogP contribution in [0, 0.1) is 0 Å². The highest BCUT2D eigenvalue weighted by atomic mass is 31.1. The molecule has 3 heteroatoms. The van der Waals surface area contributed by atoms with Crippen molar-refractivity contribution in [2.75, 3.05) is 13.9 Å². The summed E-state index contributed by atoms with van der Waals surface area (Å²) in [5, 5.41) is 1.56. The van der Waals surface area contributed by atoms with E-state index in [2.05, 4.69) is 53.7 Å². The number of methoxy groups -OCH3 is 1. The Morgan fingerprint density at radius 1 is 0.774 bits per heavy atom. The number of benzene rings is 1. The van der Waals surface area contributed by atoms with Crippen molar-refractivity contribution in [3.05, 3.63) is 23.3 Å². The molecule has 0 radical (unpaired) electrons. The first-order valence-electron chi connectivity index (χ1n) is 12.7. The molecule has 176 valence electrons. The minimum absolute atomic E-state index is 0.0409. The number of ether oxygens (including phenoxy) is 2. The summed E-state index contributed by atoms with van der Waals surface area (Å²) in [4.78, 5) is 0. The molecule has 1 aromatic rings. The van der Waals surface area contributed by atoms with E-state index in [4.69, 9.17) is 9.47 Å². The van der Waals surface area contributed by atoms with Gasteiger partial charge < -0.3 is 9.47 Å². The zero-order valence-corrected chi connectivity index (χ0v) is 22.2. The predicted molar refractivity (Wildman–Crippen MR) is 137 cm³/mol. The minimum Gasteiger partial charge on any atom is -0.467 e. The smallest absolute Gasteiger partial charge is 0.188 e. The van der Waals surface area contributed by atoms with Crippen LogP contribution in [0.1, 0.15) is 117 Å². The van der Waals surface area contributed by atoms with Gasteiger partial charge in [0.15, 0.2) is 6.79 Å². The molecule has 31 heavy (non-hydrogen) atoms. The molecule has 0 N–H and O–H groups in total. The molecule has 0 aliphatic heterocycles. The van der Waals surface area contributed by atoms with Crippen LogP contribution in [0.2, 0.25) is 0 Å². The molecule has 0 atom stereocenters. The van der Waals surface area contributed by atoms with E-state index in [1.165, 1.54) is 75.3 Å². The maximum absolute atomic E-state index is 6.47. The third-order valence-electron chi connectivity index (χ3n) is 7.28. The Morgan fingerprint density at radius 2 is 1.29 bits per heavy atom. The summed E-state index contributed by atoms with van der Waals surface area (Å²) in [7, 11) is 1.50. The minimum atomic E-state index is -0.237. The number of hydrogen-bond donors (Lipinski definition) is 0. The van der Waals surface area contributed by atoms with E-state index >= 15 is 0 Å². The molecule has 0 aromatic heterocycles. The highest BCUT2D eigenvalue weighted by Gasteiger charge is 2.37. The molecule has 2 saturated carbocycles. The predicted octanol–water partition coefficient (Wildman–Crippen LogP) is 8.04. The SMILES string of the molecule is COCOc1c(P(C2CCCCC2)C2CCCCC2)cc(C(C)(C)C)cc1C(C)(C)C. The first-order valence-corrected chi connectivity index (χ1v) is 14.2. The van der Waals surface area contributed by atoms with Gasteiger partial charge in [0.2, 0.25) is 0 Å². The van der Waals surface area contributed by atoms with Crippen LogP contribution in [0.15, 0.2) is 12.1 Å². The highest BCUT2D eigenvalue weighted by molar-refractivity contribution is 7.67. The highest BCUT2D eigenvalue weighted by Crippen LogP contribution is 2.57. The van der Waals surface area contributed by atoms with Gasteiger partial charge in [-0.3, -0.25) is 0 Å². The molecule has 3 rings (SSSR count). The molecule has 2 aliphatic carbocycles. The van der Waals surface area contributed by atoms with Crippen LogP contribution >= 0.6 is 7.92 Å². The Bertz CT molecular complexity index is 683. The molecule has 0 saturated heterocycles. The lowest BCUT2D eigenvalue weighted by Crippen LogP contribution is -2.30. The van der Waals surface area contributed by atoms with Crippen molar-refractivity contribution in [1.82, 2.24) is 0 Å². The summed E-state index contributed by atoms with van der Waals surface area (Å²) in [6.45, 7) is 14.4. The Morgan fingerprint density at radius 3 is 1.71 bits per heavy atom. The van der Waals surface area contributed by atoms with Crippen LogP contribution in [-0.4, -0.2) is 25.2 Å². The van der Waals surface area contributed by atoms with Gasteiger partial charge in [0.1, 0.15) is 5.75 Å². The summed E-state index contributed by atoms with van der Waals surface area (Å²) in [6, 6.07) is 5.00. The molecule has 0 amide bonds. The standard InChI is InChI=1S/C28H47O2P/c1-27(2,3)21-18-24(28(4,5)6)26(30-20-29-7)25(19-21)31(22-14-10-8-11-15-22)23-16-12-9-13-17-23/h18-19,22-23H,8-17,20H2,1-7H3. The maximum Gasteiger partial charge on any atom is 0.188 e. The zero-order chi connectivity index (χ0) is 22.6. The van der Waals surface area contributed by atoms with Crippen LogP contribution in [0.5, 0.6) is 5.75 Å². The second-order valence-corrected chi connectivity index (χ2v) is 14.7. The van der Waals surface area contributed by atoms with Gasteiger partial charge in [0, 0.05) is 18.0 Å². The molecule has 2 aliphatic rings. The summed E-state index contributed by atoms with van der Waals surface area (Å²) >= 11 is 0. The fourth-order valence-corrected chi connectivity index (χ4v) is 9.41. The van der Waals surface area contributed by atoms with Gasteiger partial charge in [0.05, 0.1) is 0 Å². The third kappa shape index (κ3) is 6.26. The van der Waals surface area contributed by atoms with Crippen LogP contribution in [0.4, 0.5) is 0 Å². The third-order valence-corrected chi connectivity index (χ3v) is 10.8. The average molecular weight is 447 g/mol. The second-order valence-electron chi connectivity index (χ2n) is 11.9. The van der Waals surface area contributed by atoms with Gasteiger partial charge in [-0.25, -0.2) is 0 Å². The monoisotopic (exact) mass is 446 g/mol. The Kier molecular flexibility index (Phi) is 8.53. The van der Waals surface area contributed by atoms with E-state index in [0.29, 0.717) is 6.79 Å². The Balaban J connectivity index is 2.20. The van der Waals surface area contributed by atoms with Gasteiger partial charge in [-0.05, 0) is 59.5 Å². The lowest BCUT2D eigenvalue weighted by Gasteiger charge is -2.41. The zero-order valence-electron chi connectivity index (χ0n) is 21.4. The van der Waals surface area contributed by atoms with Gasteiger partial charge in [0.25, 0.3) is 0 Å². The summed E-state index contributed by atoms with van der Waals surface area (Å²) in [5.41, 5.74) is 4.73. The molecule has 2 nitrogen and oxygen atoms in total. The van der Waals surface area contributed by atoms with E-state index in [1.54, 1.807) is 12.4 Å². The fourth-order valence-electron chi connectivity index (χ4n) is 5.47. The van der Waals surface area contributed by atoms with Crippen molar-refractivity contribution in [2.24, 2.45) is 0 Å². The number of rotatable bonds is 6.